The van der Waals surface area contributed by atoms with E-state index in [0.29, 0.717) is 6.61 Å². The number of nitrogens with zero attached hydrogens (tertiary/aromatic N) is 1. The summed E-state index contributed by atoms with van der Waals surface area (Å²) in [6.07, 6.45) is -0.522. The Hall–Kier alpha value is -0.580. The molecule has 1 aromatic carbocycles. The van der Waals surface area contributed by atoms with Crippen molar-refractivity contribution < 1.29 is 9.84 Å². The Balaban J connectivity index is 2.61. The van der Waals surface area contributed by atoms with Crippen LogP contribution in [0, 0.1) is 0 Å². The number of ether oxygens (including phenoxy) is 1. The quantitative estimate of drug-likeness (QED) is 0.838. The first kappa shape index (κ1) is 15.5. The van der Waals surface area contributed by atoms with Gasteiger partial charge >= 0.3 is 0 Å². The first-order valence-corrected chi connectivity index (χ1v) is 7.20. The van der Waals surface area contributed by atoms with Crippen molar-refractivity contribution in [2.45, 2.75) is 26.9 Å². The Morgan fingerprint density at radius 3 is 2.56 bits per heavy atom. The van der Waals surface area contributed by atoms with Crippen LogP contribution in [0.15, 0.2) is 22.7 Å². The number of aliphatic hydroxyl groups excluding tert-OH is 1. The second-order valence-corrected chi connectivity index (χ2v) is 5.15. The van der Waals surface area contributed by atoms with Gasteiger partial charge in [-0.15, -0.1) is 0 Å². The van der Waals surface area contributed by atoms with E-state index >= 15 is 0 Å². The third-order valence-electron chi connectivity index (χ3n) is 2.98. The fraction of sp³-hybridized carbons (Fsp3) is 0.571. The number of aliphatic hydroxyl groups is 1. The van der Waals surface area contributed by atoms with Crippen molar-refractivity contribution in [3.8, 4) is 5.75 Å². The van der Waals surface area contributed by atoms with Gasteiger partial charge in [-0.2, -0.15) is 0 Å². The van der Waals surface area contributed by atoms with Crippen LogP contribution in [0.1, 0.15) is 32.4 Å². The minimum Gasteiger partial charge on any atom is -0.492 e. The lowest BCUT2D eigenvalue weighted by Crippen LogP contribution is -2.28. The van der Waals surface area contributed by atoms with Gasteiger partial charge in [0.15, 0.2) is 0 Å². The summed E-state index contributed by atoms with van der Waals surface area (Å²) in [6, 6.07) is 5.73. The molecule has 0 aromatic heterocycles. The Kier molecular flexibility index (Phi) is 6.68. The van der Waals surface area contributed by atoms with E-state index in [1.54, 1.807) is 6.92 Å². The number of likely N-dealkylation sites (N-methyl/N-ethyl adjacent to an activating group) is 1. The smallest absolute Gasteiger partial charge is 0.125 e. The van der Waals surface area contributed by atoms with Gasteiger partial charge in [0, 0.05) is 16.6 Å². The monoisotopic (exact) mass is 315 g/mol. The van der Waals surface area contributed by atoms with Crippen LogP contribution in [0.2, 0.25) is 0 Å². The molecule has 4 heteroatoms. The summed E-state index contributed by atoms with van der Waals surface area (Å²) in [5.41, 5.74) is 0.823. The lowest BCUT2D eigenvalue weighted by molar-refractivity contribution is 0.184. The molecule has 3 nitrogen and oxygen atoms in total. The molecule has 0 unspecified atom stereocenters. The van der Waals surface area contributed by atoms with Gasteiger partial charge in [-0.1, -0.05) is 29.8 Å². The standard InChI is InChI=1S/C14H22BrNO2/c1-4-16(5-2)8-9-18-14-7-6-12(15)10-13(14)11(3)17/h6-7,10-11,17H,4-5,8-9H2,1-3H3/t11-/m0/s1. The first-order chi connectivity index (χ1) is 8.58. The van der Waals surface area contributed by atoms with Crippen molar-refractivity contribution in [1.29, 1.82) is 0 Å². The fourth-order valence-corrected chi connectivity index (χ4v) is 2.18. The molecule has 0 radical (unpaired) electrons. The lowest BCUT2D eigenvalue weighted by atomic mass is 10.1. The summed E-state index contributed by atoms with van der Waals surface area (Å²) in [5.74, 6) is 0.764. The number of rotatable bonds is 7. The molecule has 0 aliphatic carbocycles. The zero-order valence-corrected chi connectivity index (χ0v) is 12.9. The second kappa shape index (κ2) is 7.77. The predicted octanol–water partition coefficient (Wildman–Crippen LogP) is 3.22. The summed E-state index contributed by atoms with van der Waals surface area (Å²) in [6.45, 7) is 9.64. The summed E-state index contributed by atoms with van der Waals surface area (Å²) < 4.78 is 6.72. The van der Waals surface area contributed by atoms with E-state index in [1.807, 2.05) is 18.2 Å². The van der Waals surface area contributed by atoms with E-state index in [9.17, 15) is 5.11 Å². The average Bonchev–Trinajstić information content (AvgIpc) is 2.36. The minimum absolute atomic E-state index is 0.522. The molecule has 102 valence electrons. The van der Waals surface area contributed by atoms with Crippen LogP contribution in [-0.4, -0.2) is 36.2 Å². The third kappa shape index (κ3) is 4.59. The predicted molar refractivity (Wildman–Crippen MR) is 78.1 cm³/mol. The molecule has 0 saturated heterocycles. The Morgan fingerprint density at radius 2 is 2.00 bits per heavy atom. The van der Waals surface area contributed by atoms with Crippen LogP contribution < -0.4 is 4.74 Å². The van der Waals surface area contributed by atoms with Crippen LogP contribution in [0.4, 0.5) is 0 Å². The van der Waals surface area contributed by atoms with Gasteiger partial charge in [0.05, 0.1) is 6.10 Å². The van der Waals surface area contributed by atoms with E-state index in [1.165, 1.54) is 0 Å². The maximum absolute atomic E-state index is 9.72. The number of hydrogen-bond donors (Lipinski definition) is 1. The van der Waals surface area contributed by atoms with Crippen molar-refractivity contribution in [3.63, 3.8) is 0 Å². The van der Waals surface area contributed by atoms with Gasteiger partial charge in [-0.3, -0.25) is 0 Å². The maximum Gasteiger partial charge on any atom is 0.125 e. The van der Waals surface area contributed by atoms with Gasteiger partial charge in [0.2, 0.25) is 0 Å². The molecule has 18 heavy (non-hydrogen) atoms. The summed E-state index contributed by atoms with van der Waals surface area (Å²) in [5, 5.41) is 9.72. The molecule has 1 rings (SSSR count). The van der Waals surface area contributed by atoms with Crippen LogP contribution in [0.3, 0.4) is 0 Å². The first-order valence-electron chi connectivity index (χ1n) is 6.41. The highest BCUT2D eigenvalue weighted by atomic mass is 79.9. The molecular formula is C14H22BrNO2. The Labute approximate surface area is 118 Å². The van der Waals surface area contributed by atoms with Crippen LogP contribution in [0.5, 0.6) is 5.75 Å². The van der Waals surface area contributed by atoms with E-state index in [-0.39, 0.29) is 0 Å². The lowest BCUT2D eigenvalue weighted by Gasteiger charge is -2.19. The molecular weight excluding hydrogens is 294 g/mol. The van der Waals surface area contributed by atoms with E-state index < -0.39 is 6.10 Å². The van der Waals surface area contributed by atoms with E-state index in [0.717, 1.165) is 35.4 Å². The molecule has 0 fully saturated rings. The largest absolute Gasteiger partial charge is 0.492 e. The van der Waals surface area contributed by atoms with Crippen molar-refractivity contribution in [2.24, 2.45) is 0 Å². The summed E-state index contributed by atoms with van der Waals surface area (Å²) in [7, 11) is 0. The van der Waals surface area contributed by atoms with Gasteiger partial charge in [0.25, 0.3) is 0 Å². The van der Waals surface area contributed by atoms with Crippen molar-refractivity contribution in [3.05, 3.63) is 28.2 Å². The average molecular weight is 316 g/mol. The van der Waals surface area contributed by atoms with Crippen molar-refractivity contribution in [2.75, 3.05) is 26.2 Å². The SMILES string of the molecule is CCN(CC)CCOc1ccc(Br)cc1[C@H](C)O. The maximum atomic E-state index is 9.72. The van der Waals surface area contributed by atoms with Crippen molar-refractivity contribution >= 4 is 15.9 Å². The third-order valence-corrected chi connectivity index (χ3v) is 3.47. The number of hydrogen-bond acceptors (Lipinski definition) is 3. The molecule has 1 aromatic rings. The number of benzene rings is 1. The van der Waals surface area contributed by atoms with Crippen LogP contribution in [-0.2, 0) is 0 Å². The molecule has 1 atom stereocenters. The van der Waals surface area contributed by atoms with Gasteiger partial charge in [-0.25, -0.2) is 0 Å². The summed E-state index contributed by atoms with van der Waals surface area (Å²) >= 11 is 3.40. The highest BCUT2D eigenvalue weighted by Gasteiger charge is 2.10. The highest BCUT2D eigenvalue weighted by molar-refractivity contribution is 9.10. The van der Waals surface area contributed by atoms with Gasteiger partial charge in [-0.05, 0) is 38.2 Å². The molecule has 0 aliphatic rings. The highest BCUT2D eigenvalue weighted by Crippen LogP contribution is 2.28. The van der Waals surface area contributed by atoms with Crippen LogP contribution >= 0.6 is 15.9 Å². The zero-order chi connectivity index (χ0) is 13.5. The normalized spacial score (nSPS) is 12.8. The fourth-order valence-electron chi connectivity index (χ4n) is 1.80. The second-order valence-electron chi connectivity index (χ2n) is 4.23. The molecule has 0 heterocycles. The van der Waals surface area contributed by atoms with Gasteiger partial charge < -0.3 is 14.7 Å². The molecule has 0 saturated carbocycles. The van der Waals surface area contributed by atoms with E-state index in [4.69, 9.17) is 4.74 Å². The van der Waals surface area contributed by atoms with E-state index in [2.05, 4.69) is 34.7 Å². The van der Waals surface area contributed by atoms with Crippen molar-refractivity contribution in [1.82, 2.24) is 4.90 Å². The summed E-state index contributed by atoms with van der Waals surface area (Å²) in [4.78, 5) is 2.31. The van der Waals surface area contributed by atoms with Crippen LogP contribution in [0.25, 0.3) is 0 Å². The molecule has 0 bridgehead atoms. The zero-order valence-electron chi connectivity index (χ0n) is 11.3. The topological polar surface area (TPSA) is 32.7 Å². The Morgan fingerprint density at radius 1 is 1.33 bits per heavy atom. The number of halogens is 1. The molecule has 0 aliphatic heterocycles. The molecule has 1 N–H and O–H groups in total. The molecule has 0 spiro atoms. The Bertz CT molecular complexity index is 365. The molecule has 0 amide bonds. The van der Waals surface area contributed by atoms with Gasteiger partial charge in [0.1, 0.15) is 12.4 Å². The minimum atomic E-state index is -0.522.